The summed E-state index contributed by atoms with van der Waals surface area (Å²) in [5, 5.41) is 0. The summed E-state index contributed by atoms with van der Waals surface area (Å²) in [6, 6.07) is 59.8. The SMILES string of the molecule is CC1(C)C2CCC1(C)[C@]1(C2)c2ccccc2-c2cc(N3c4cc5c(cc4B4c6ccccc6N(c6ccccc6)c6cccc3c64)[C@]3(C[C@H]4CC[C@]3(C)C4(C)C)c3ccccc3-5)ccc21. The van der Waals surface area contributed by atoms with E-state index in [0.717, 1.165) is 5.92 Å². The van der Waals surface area contributed by atoms with Gasteiger partial charge in [-0.3, -0.25) is 0 Å². The van der Waals surface area contributed by atoms with Gasteiger partial charge < -0.3 is 9.80 Å². The zero-order valence-electron chi connectivity index (χ0n) is 38.8. The second-order valence-corrected chi connectivity index (χ2v) is 23.3. The molecule has 0 amide bonds. The van der Waals surface area contributed by atoms with Gasteiger partial charge in [-0.1, -0.05) is 145 Å². The Balaban J connectivity index is 1.02. The van der Waals surface area contributed by atoms with Crippen molar-refractivity contribution in [3.05, 3.63) is 174 Å². The molecule has 0 N–H and O–H groups in total. The molecule has 7 aromatic rings. The molecule has 4 saturated carbocycles. The first-order valence-electron chi connectivity index (χ1n) is 24.9. The van der Waals surface area contributed by atoms with Gasteiger partial charge in [0.1, 0.15) is 0 Å². The highest BCUT2D eigenvalue weighted by molar-refractivity contribution is 7.00. The number of nitrogens with zero attached hydrogens (tertiary/aromatic N) is 2. The van der Waals surface area contributed by atoms with Crippen molar-refractivity contribution >= 4 is 57.2 Å². The van der Waals surface area contributed by atoms with E-state index in [2.05, 4.69) is 203 Å². The lowest BCUT2D eigenvalue weighted by Crippen LogP contribution is -2.61. The fraction of sp³-hybridized carbons (Fsp3) is 0.323. The van der Waals surface area contributed by atoms with E-state index in [1.54, 1.807) is 22.3 Å². The number of para-hydroxylation sites is 2. The quantitative estimate of drug-likeness (QED) is 0.160. The van der Waals surface area contributed by atoms with Crippen LogP contribution in [0.3, 0.4) is 0 Å². The lowest BCUT2D eigenvalue weighted by atomic mass is 9.33. The fourth-order valence-electron chi connectivity index (χ4n) is 17.6. The van der Waals surface area contributed by atoms with Crippen LogP contribution in [0.1, 0.15) is 102 Å². The summed E-state index contributed by atoms with van der Waals surface area (Å²) >= 11 is 0. The molecule has 6 atom stereocenters. The summed E-state index contributed by atoms with van der Waals surface area (Å²) in [5.41, 5.74) is 24.8. The molecule has 4 bridgehead atoms. The lowest BCUT2D eigenvalue weighted by molar-refractivity contribution is 0.0990. The summed E-state index contributed by atoms with van der Waals surface area (Å²) in [5.74, 6) is 1.45. The van der Waals surface area contributed by atoms with E-state index in [1.165, 1.54) is 111 Å². The molecule has 4 fully saturated rings. The van der Waals surface area contributed by atoms with Crippen LogP contribution in [-0.2, 0) is 10.8 Å². The van der Waals surface area contributed by atoms with Gasteiger partial charge in [-0.25, -0.2) is 0 Å². The van der Waals surface area contributed by atoms with Crippen LogP contribution in [0.15, 0.2) is 152 Å². The van der Waals surface area contributed by atoms with Gasteiger partial charge >= 0.3 is 0 Å². The van der Waals surface area contributed by atoms with E-state index in [9.17, 15) is 0 Å². The van der Waals surface area contributed by atoms with Crippen LogP contribution < -0.4 is 26.2 Å². The highest BCUT2D eigenvalue weighted by Gasteiger charge is 2.73. The summed E-state index contributed by atoms with van der Waals surface area (Å²) in [6.45, 7) is 15.8. The van der Waals surface area contributed by atoms with Gasteiger partial charge in [-0.15, -0.1) is 0 Å². The largest absolute Gasteiger partial charge is 0.311 e. The zero-order chi connectivity index (χ0) is 43.6. The van der Waals surface area contributed by atoms with Crippen LogP contribution in [-0.4, -0.2) is 6.71 Å². The predicted octanol–water partition coefficient (Wildman–Crippen LogP) is 14.0. The van der Waals surface area contributed by atoms with Crippen molar-refractivity contribution in [1.29, 1.82) is 0 Å². The highest BCUT2D eigenvalue weighted by atomic mass is 15.2. The highest BCUT2D eigenvalue weighted by Crippen LogP contribution is 2.79. The molecule has 2 unspecified atom stereocenters. The van der Waals surface area contributed by atoms with Crippen molar-refractivity contribution in [1.82, 2.24) is 0 Å². The number of anilines is 6. The maximum Gasteiger partial charge on any atom is 0.252 e. The molecule has 6 aliphatic carbocycles. The third-order valence-corrected chi connectivity index (χ3v) is 21.4. The lowest BCUT2D eigenvalue weighted by Gasteiger charge is -2.49. The van der Waals surface area contributed by atoms with Crippen molar-refractivity contribution in [2.75, 3.05) is 9.80 Å². The topological polar surface area (TPSA) is 6.48 Å². The van der Waals surface area contributed by atoms with Gasteiger partial charge in [0.15, 0.2) is 0 Å². The maximum absolute atomic E-state index is 2.77. The molecule has 15 rings (SSSR count). The van der Waals surface area contributed by atoms with Crippen LogP contribution in [0.25, 0.3) is 22.3 Å². The molecule has 318 valence electrons. The second kappa shape index (κ2) is 11.8. The molecule has 0 radical (unpaired) electrons. The van der Waals surface area contributed by atoms with Gasteiger partial charge in [-0.05, 0) is 181 Å². The minimum atomic E-state index is -0.0224. The van der Waals surface area contributed by atoms with E-state index < -0.39 is 0 Å². The van der Waals surface area contributed by atoms with Crippen molar-refractivity contribution in [3.63, 3.8) is 0 Å². The number of benzene rings is 7. The van der Waals surface area contributed by atoms with Gasteiger partial charge in [0.2, 0.25) is 0 Å². The van der Waals surface area contributed by atoms with Crippen molar-refractivity contribution in [2.45, 2.75) is 90.9 Å². The zero-order valence-corrected chi connectivity index (χ0v) is 38.8. The number of fused-ring (bicyclic) bond motifs is 20. The molecule has 2 nitrogen and oxygen atoms in total. The van der Waals surface area contributed by atoms with E-state index >= 15 is 0 Å². The molecule has 2 spiro atoms. The number of rotatable bonds is 2. The summed E-state index contributed by atoms with van der Waals surface area (Å²) < 4.78 is 0. The number of hydrogen-bond acceptors (Lipinski definition) is 2. The Hall–Kier alpha value is -5.80. The smallest absolute Gasteiger partial charge is 0.252 e. The fourth-order valence-corrected chi connectivity index (χ4v) is 17.6. The third kappa shape index (κ3) is 3.93. The summed E-state index contributed by atoms with van der Waals surface area (Å²) in [4.78, 5) is 5.24. The average Bonchev–Trinajstić information content (AvgIpc) is 4.02. The Morgan fingerprint density at radius 3 is 1.55 bits per heavy atom. The number of hydrogen-bond donors (Lipinski definition) is 0. The van der Waals surface area contributed by atoms with E-state index in [0.29, 0.717) is 5.92 Å². The molecule has 7 aromatic carbocycles. The van der Waals surface area contributed by atoms with Crippen LogP contribution >= 0.6 is 0 Å². The van der Waals surface area contributed by atoms with Gasteiger partial charge in [0.05, 0.1) is 0 Å². The molecule has 65 heavy (non-hydrogen) atoms. The first-order chi connectivity index (χ1) is 31.5. The van der Waals surface area contributed by atoms with Crippen molar-refractivity contribution in [3.8, 4) is 22.3 Å². The monoisotopic (exact) mass is 840 g/mol. The Labute approximate surface area is 385 Å². The summed E-state index contributed by atoms with van der Waals surface area (Å²) in [7, 11) is 0. The molecule has 0 aromatic heterocycles. The Kier molecular flexibility index (Phi) is 6.78. The Morgan fingerprint density at radius 2 is 0.938 bits per heavy atom. The van der Waals surface area contributed by atoms with Gasteiger partial charge in [-0.2, -0.15) is 0 Å². The van der Waals surface area contributed by atoms with E-state index in [-0.39, 0.29) is 39.2 Å². The van der Waals surface area contributed by atoms with Crippen LogP contribution in [0.4, 0.5) is 34.1 Å². The normalized spacial score (nSPS) is 30.0. The third-order valence-electron chi connectivity index (χ3n) is 21.4. The molecule has 0 saturated heterocycles. The molecule has 8 aliphatic rings. The van der Waals surface area contributed by atoms with E-state index in [1.807, 2.05) is 0 Å². The van der Waals surface area contributed by atoms with Crippen molar-refractivity contribution in [2.24, 2.45) is 33.5 Å². The first kappa shape index (κ1) is 37.4. The minimum absolute atomic E-state index is 0.0224. The van der Waals surface area contributed by atoms with E-state index in [4.69, 9.17) is 0 Å². The predicted molar refractivity (Wildman–Crippen MR) is 271 cm³/mol. The first-order valence-corrected chi connectivity index (χ1v) is 24.9. The van der Waals surface area contributed by atoms with Crippen molar-refractivity contribution < 1.29 is 0 Å². The molecular formula is C62H57BN2. The Bertz CT molecular complexity index is 3270. The standard InChI is InChI=1S/C62H57BN2/c1-57(2)38-29-31-59(57,5)61(36-38)46-21-12-10-19-42(46)44-33-41(27-28-48(44)61)65-54-26-16-25-53-56(54)63(50-23-14-15-24-52(50)64(53)40-17-8-7-9-18-40)51-35-49-45(34-55(51)65)43-20-11-13-22-47(43)62(49)37-39-30-32-60(62,6)58(39,3)4/h7-28,33-35,38-39H,29-32,36-37H2,1-6H3/t38?,39-,59?,60-,61-,62+/m1/s1. The second-order valence-electron chi connectivity index (χ2n) is 23.3. The molecular weight excluding hydrogens is 784 g/mol. The van der Waals surface area contributed by atoms with Crippen LogP contribution in [0, 0.1) is 33.5 Å². The summed E-state index contributed by atoms with van der Waals surface area (Å²) in [6.07, 6.45) is 7.74. The van der Waals surface area contributed by atoms with Gasteiger partial charge in [0.25, 0.3) is 6.71 Å². The molecule has 2 aliphatic heterocycles. The Morgan fingerprint density at radius 1 is 0.415 bits per heavy atom. The maximum atomic E-state index is 2.77. The molecule has 3 heteroatoms. The molecule has 2 heterocycles. The van der Waals surface area contributed by atoms with Gasteiger partial charge in [0, 0.05) is 45.0 Å². The minimum Gasteiger partial charge on any atom is -0.311 e. The van der Waals surface area contributed by atoms with Crippen LogP contribution in [0.2, 0.25) is 0 Å². The van der Waals surface area contributed by atoms with Crippen LogP contribution in [0.5, 0.6) is 0 Å². The average molecular weight is 841 g/mol.